The van der Waals surface area contributed by atoms with Crippen molar-refractivity contribution in [3.63, 3.8) is 0 Å². The normalized spacial score (nSPS) is 12.8. The van der Waals surface area contributed by atoms with Crippen LogP contribution in [0, 0.1) is 0 Å². The van der Waals surface area contributed by atoms with Gasteiger partial charge < -0.3 is 9.84 Å². The number of rotatable bonds is 5. The Kier molecular flexibility index (Phi) is 5.76. The quantitative estimate of drug-likeness (QED) is 0.652. The van der Waals surface area contributed by atoms with E-state index in [0.717, 1.165) is 4.47 Å². The smallest absolute Gasteiger partial charge is 0.414 e. The second-order valence-electron chi connectivity index (χ2n) is 4.07. The van der Waals surface area contributed by atoms with E-state index in [1.54, 1.807) is 24.3 Å². The molecule has 0 aliphatic carbocycles. The minimum atomic E-state index is -4.78. The van der Waals surface area contributed by atoms with Crippen LogP contribution in [-0.2, 0) is 16.1 Å². The van der Waals surface area contributed by atoms with Crippen LogP contribution in [0.4, 0.5) is 13.2 Å². The maximum absolute atomic E-state index is 12.1. The Labute approximate surface area is 122 Å². The molecular weight excluding hydrogens is 341 g/mol. The van der Waals surface area contributed by atoms with Crippen molar-refractivity contribution in [2.75, 3.05) is 0 Å². The van der Waals surface area contributed by atoms with Gasteiger partial charge in [0, 0.05) is 16.5 Å². The first kappa shape index (κ1) is 16.7. The number of halogens is 4. The van der Waals surface area contributed by atoms with Crippen LogP contribution in [0.3, 0.4) is 0 Å². The standard InChI is InChI=1S/C13H12BrF3O3/c1-8(6-11(18)13(15,16)17)12(19)20-7-9-2-4-10(14)5-3-9/h2-5,11,18H,1,6-7H2. The van der Waals surface area contributed by atoms with E-state index in [1.165, 1.54) is 0 Å². The van der Waals surface area contributed by atoms with Crippen molar-refractivity contribution in [3.05, 3.63) is 46.5 Å². The van der Waals surface area contributed by atoms with E-state index in [2.05, 4.69) is 22.5 Å². The third-order valence-corrected chi connectivity index (χ3v) is 2.92. The molecule has 0 aromatic heterocycles. The number of hydrogen-bond donors (Lipinski definition) is 1. The van der Waals surface area contributed by atoms with E-state index in [1.807, 2.05) is 0 Å². The summed E-state index contributed by atoms with van der Waals surface area (Å²) in [5.41, 5.74) is 0.262. The first-order valence-electron chi connectivity index (χ1n) is 5.54. The minimum absolute atomic E-state index is 0.0761. The van der Waals surface area contributed by atoms with E-state index in [9.17, 15) is 18.0 Å². The summed E-state index contributed by atoms with van der Waals surface area (Å²) in [6.07, 6.45) is -8.30. The van der Waals surface area contributed by atoms with E-state index < -0.39 is 30.2 Å². The Bertz CT molecular complexity index is 483. The van der Waals surface area contributed by atoms with Crippen LogP contribution in [-0.4, -0.2) is 23.4 Å². The number of carbonyl (C=O) groups is 1. The molecule has 1 aromatic carbocycles. The zero-order chi connectivity index (χ0) is 15.3. The highest BCUT2D eigenvalue weighted by Gasteiger charge is 2.39. The van der Waals surface area contributed by atoms with Gasteiger partial charge in [-0.1, -0.05) is 34.6 Å². The SMILES string of the molecule is C=C(CC(O)C(F)(F)F)C(=O)OCc1ccc(Br)cc1. The average Bonchev–Trinajstić information content (AvgIpc) is 2.36. The number of aliphatic hydroxyl groups is 1. The van der Waals surface area contributed by atoms with Gasteiger partial charge in [-0.15, -0.1) is 0 Å². The van der Waals surface area contributed by atoms with Gasteiger partial charge in [0.05, 0.1) is 0 Å². The van der Waals surface area contributed by atoms with Crippen LogP contribution in [0.15, 0.2) is 40.9 Å². The van der Waals surface area contributed by atoms with E-state index in [4.69, 9.17) is 9.84 Å². The first-order valence-corrected chi connectivity index (χ1v) is 6.33. The number of benzene rings is 1. The molecule has 1 rings (SSSR count). The van der Waals surface area contributed by atoms with Gasteiger partial charge >= 0.3 is 12.1 Å². The molecule has 0 spiro atoms. The lowest BCUT2D eigenvalue weighted by molar-refractivity contribution is -0.203. The molecule has 0 fully saturated rings. The topological polar surface area (TPSA) is 46.5 Å². The molecule has 0 radical (unpaired) electrons. The predicted octanol–water partition coefficient (Wildman–Crippen LogP) is 3.36. The van der Waals surface area contributed by atoms with Crippen LogP contribution in [0.5, 0.6) is 0 Å². The van der Waals surface area contributed by atoms with E-state index >= 15 is 0 Å². The highest BCUT2D eigenvalue weighted by atomic mass is 79.9. The maximum atomic E-state index is 12.1. The Hall–Kier alpha value is -1.34. The van der Waals surface area contributed by atoms with Gasteiger partial charge in [0.2, 0.25) is 0 Å². The molecule has 0 heterocycles. The summed E-state index contributed by atoms with van der Waals surface area (Å²) in [6.45, 7) is 3.12. The molecular formula is C13H12BrF3O3. The zero-order valence-corrected chi connectivity index (χ0v) is 11.9. The highest BCUT2D eigenvalue weighted by molar-refractivity contribution is 9.10. The predicted molar refractivity (Wildman–Crippen MR) is 69.8 cm³/mol. The van der Waals surface area contributed by atoms with Crippen LogP contribution >= 0.6 is 15.9 Å². The lowest BCUT2D eigenvalue weighted by Crippen LogP contribution is -2.30. The fourth-order valence-electron chi connectivity index (χ4n) is 1.26. The Balaban J connectivity index is 2.46. The lowest BCUT2D eigenvalue weighted by atomic mass is 10.1. The second kappa shape index (κ2) is 6.90. The molecule has 110 valence electrons. The summed E-state index contributed by atoms with van der Waals surface area (Å²) in [5, 5.41) is 8.82. The fraction of sp³-hybridized carbons (Fsp3) is 0.308. The molecule has 0 aliphatic rings. The van der Waals surface area contributed by atoms with Crippen LogP contribution < -0.4 is 0 Å². The fourth-order valence-corrected chi connectivity index (χ4v) is 1.53. The molecule has 0 saturated heterocycles. The van der Waals surface area contributed by atoms with Crippen molar-refractivity contribution in [1.82, 2.24) is 0 Å². The molecule has 1 unspecified atom stereocenters. The number of carbonyl (C=O) groups excluding carboxylic acids is 1. The molecule has 1 N–H and O–H groups in total. The second-order valence-corrected chi connectivity index (χ2v) is 4.98. The third kappa shape index (κ3) is 5.34. The highest BCUT2D eigenvalue weighted by Crippen LogP contribution is 2.24. The van der Waals surface area contributed by atoms with E-state index in [-0.39, 0.29) is 6.61 Å². The molecule has 1 atom stereocenters. The molecule has 0 bridgehead atoms. The van der Waals surface area contributed by atoms with Gasteiger partial charge in [0.1, 0.15) is 6.61 Å². The van der Waals surface area contributed by atoms with Gasteiger partial charge in [-0.05, 0) is 17.7 Å². The molecule has 0 saturated carbocycles. The minimum Gasteiger partial charge on any atom is -0.457 e. The third-order valence-electron chi connectivity index (χ3n) is 2.39. The van der Waals surface area contributed by atoms with Crippen molar-refractivity contribution >= 4 is 21.9 Å². The molecule has 1 aromatic rings. The summed E-state index contributed by atoms with van der Waals surface area (Å²) >= 11 is 3.24. The molecule has 3 nitrogen and oxygen atoms in total. The van der Waals surface area contributed by atoms with Crippen LogP contribution in [0.1, 0.15) is 12.0 Å². The van der Waals surface area contributed by atoms with Crippen LogP contribution in [0.2, 0.25) is 0 Å². The van der Waals surface area contributed by atoms with Gasteiger partial charge in [-0.2, -0.15) is 13.2 Å². The summed E-state index contributed by atoms with van der Waals surface area (Å²) in [7, 11) is 0. The average molecular weight is 353 g/mol. The summed E-state index contributed by atoms with van der Waals surface area (Å²) in [6, 6.07) is 6.88. The molecule has 0 aliphatic heterocycles. The van der Waals surface area contributed by atoms with Crippen molar-refractivity contribution in [1.29, 1.82) is 0 Å². The number of ether oxygens (including phenoxy) is 1. The summed E-state index contributed by atoms with van der Waals surface area (Å²) in [5.74, 6) is -0.962. The maximum Gasteiger partial charge on any atom is 0.414 e. The van der Waals surface area contributed by atoms with Crippen molar-refractivity contribution in [3.8, 4) is 0 Å². The Morgan fingerprint density at radius 3 is 2.40 bits per heavy atom. The van der Waals surface area contributed by atoms with Crippen molar-refractivity contribution < 1.29 is 27.8 Å². The molecule has 20 heavy (non-hydrogen) atoms. The number of esters is 1. The molecule has 7 heteroatoms. The van der Waals surface area contributed by atoms with Gasteiger partial charge in [0.25, 0.3) is 0 Å². The van der Waals surface area contributed by atoms with Gasteiger partial charge in [-0.3, -0.25) is 0 Å². The monoisotopic (exact) mass is 352 g/mol. The molecule has 0 amide bonds. The first-order chi connectivity index (χ1) is 9.20. The largest absolute Gasteiger partial charge is 0.457 e. The number of hydrogen-bond acceptors (Lipinski definition) is 3. The van der Waals surface area contributed by atoms with Crippen molar-refractivity contribution in [2.24, 2.45) is 0 Å². The summed E-state index contributed by atoms with van der Waals surface area (Å²) in [4.78, 5) is 11.4. The van der Waals surface area contributed by atoms with Gasteiger partial charge in [-0.25, -0.2) is 4.79 Å². The zero-order valence-electron chi connectivity index (χ0n) is 10.3. The Morgan fingerprint density at radius 1 is 1.35 bits per heavy atom. The lowest BCUT2D eigenvalue weighted by Gasteiger charge is -2.15. The Morgan fingerprint density at radius 2 is 1.90 bits per heavy atom. The number of alkyl halides is 3. The van der Waals surface area contributed by atoms with Crippen LogP contribution in [0.25, 0.3) is 0 Å². The van der Waals surface area contributed by atoms with Gasteiger partial charge in [0.15, 0.2) is 6.10 Å². The van der Waals surface area contributed by atoms with Crippen molar-refractivity contribution in [2.45, 2.75) is 25.3 Å². The number of aliphatic hydroxyl groups excluding tert-OH is 1. The van der Waals surface area contributed by atoms with E-state index in [0.29, 0.717) is 5.56 Å². The summed E-state index contributed by atoms with van der Waals surface area (Å²) < 4.78 is 42.0.